The van der Waals surface area contributed by atoms with Gasteiger partial charge in [0.25, 0.3) is 5.91 Å². The van der Waals surface area contributed by atoms with Crippen molar-refractivity contribution in [3.05, 3.63) is 29.8 Å². The van der Waals surface area contributed by atoms with Crippen molar-refractivity contribution in [1.82, 2.24) is 10.2 Å². The molecule has 0 aliphatic carbocycles. The standard InChI is InChI=1S/C18H28N4O4/c1-25-16(13-19)12-17(23)21-15-4-2-14(3-5-15)18(24)20-6-7-22-8-10-26-11-9-22/h2-5,16H,6-13,19H2,1H3,(H,20,24)(H,21,23). The van der Waals surface area contributed by atoms with Crippen molar-refractivity contribution in [2.24, 2.45) is 5.73 Å². The molecule has 4 N–H and O–H groups in total. The van der Waals surface area contributed by atoms with Crippen molar-refractivity contribution >= 4 is 17.5 Å². The number of methoxy groups -OCH3 is 1. The first-order chi connectivity index (χ1) is 12.6. The lowest BCUT2D eigenvalue weighted by Gasteiger charge is -2.26. The molecule has 0 aromatic heterocycles. The van der Waals surface area contributed by atoms with E-state index in [4.69, 9.17) is 15.2 Å². The van der Waals surface area contributed by atoms with Crippen LogP contribution in [-0.2, 0) is 14.3 Å². The van der Waals surface area contributed by atoms with Gasteiger partial charge < -0.3 is 25.8 Å². The van der Waals surface area contributed by atoms with Crippen molar-refractivity contribution in [3.63, 3.8) is 0 Å². The second-order valence-electron chi connectivity index (χ2n) is 6.13. The molecule has 26 heavy (non-hydrogen) atoms. The van der Waals surface area contributed by atoms with E-state index in [1.54, 1.807) is 24.3 Å². The van der Waals surface area contributed by atoms with E-state index < -0.39 is 0 Å². The highest BCUT2D eigenvalue weighted by Gasteiger charge is 2.13. The molecule has 1 unspecified atom stereocenters. The van der Waals surface area contributed by atoms with Crippen LogP contribution < -0.4 is 16.4 Å². The maximum atomic E-state index is 12.2. The number of carbonyl (C=O) groups excluding carboxylic acids is 2. The normalized spacial score (nSPS) is 16.1. The van der Waals surface area contributed by atoms with Gasteiger partial charge in [-0.2, -0.15) is 0 Å². The fourth-order valence-corrected chi connectivity index (χ4v) is 2.64. The average Bonchev–Trinajstić information content (AvgIpc) is 2.67. The van der Waals surface area contributed by atoms with Gasteiger partial charge >= 0.3 is 0 Å². The molecule has 8 nitrogen and oxygen atoms in total. The Morgan fingerprint density at radius 3 is 2.58 bits per heavy atom. The van der Waals surface area contributed by atoms with Gasteiger partial charge in [0.1, 0.15) is 0 Å². The van der Waals surface area contributed by atoms with E-state index in [1.807, 2.05) is 0 Å². The molecule has 2 rings (SSSR count). The molecule has 0 spiro atoms. The highest BCUT2D eigenvalue weighted by Crippen LogP contribution is 2.10. The number of nitrogens with two attached hydrogens (primary N) is 1. The van der Waals surface area contributed by atoms with Crippen LogP contribution in [0.15, 0.2) is 24.3 Å². The molecule has 1 aliphatic rings. The molecule has 1 fully saturated rings. The minimum absolute atomic E-state index is 0.126. The number of ether oxygens (including phenoxy) is 2. The smallest absolute Gasteiger partial charge is 0.251 e. The number of carbonyl (C=O) groups is 2. The van der Waals surface area contributed by atoms with Crippen molar-refractivity contribution in [1.29, 1.82) is 0 Å². The molecule has 1 saturated heterocycles. The molecule has 2 amide bonds. The number of hydrogen-bond donors (Lipinski definition) is 3. The first-order valence-corrected chi connectivity index (χ1v) is 8.83. The van der Waals surface area contributed by atoms with Gasteiger partial charge in [-0.3, -0.25) is 14.5 Å². The third-order valence-corrected chi connectivity index (χ3v) is 4.26. The molecule has 1 aliphatic heterocycles. The summed E-state index contributed by atoms with van der Waals surface area (Å²) in [5, 5.41) is 5.68. The highest BCUT2D eigenvalue weighted by molar-refractivity contribution is 5.95. The largest absolute Gasteiger partial charge is 0.380 e. The number of nitrogens with zero attached hydrogens (tertiary/aromatic N) is 1. The summed E-state index contributed by atoms with van der Waals surface area (Å²) in [7, 11) is 1.53. The van der Waals surface area contributed by atoms with Gasteiger partial charge in [-0.15, -0.1) is 0 Å². The van der Waals surface area contributed by atoms with Crippen LogP contribution in [0, 0.1) is 0 Å². The molecule has 1 atom stereocenters. The van der Waals surface area contributed by atoms with E-state index in [0.29, 0.717) is 17.8 Å². The number of rotatable bonds is 9. The Morgan fingerprint density at radius 2 is 1.96 bits per heavy atom. The number of hydrogen-bond acceptors (Lipinski definition) is 6. The van der Waals surface area contributed by atoms with E-state index >= 15 is 0 Å². The molecule has 0 radical (unpaired) electrons. The first-order valence-electron chi connectivity index (χ1n) is 8.83. The number of benzene rings is 1. The minimum Gasteiger partial charge on any atom is -0.380 e. The number of anilines is 1. The van der Waals surface area contributed by atoms with Crippen LogP contribution in [0.1, 0.15) is 16.8 Å². The summed E-state index contributed by atoms with van der Waals surface area (Å²) in [6.45, 7) is 4.99. The molecule has 0 saturated carbocycles. The van der Waals surface area contributed by atoms with Gasteiger partial charge in [0, 0.05) is 51.1 Å². The van der Waals surface area contributed by atoms with Gasteiger partial charge in [0.2, 0.25) is 5.91 Å². The third-order valence-electron chi connectivity index (χ3n) is 4.26. The summed E-state index contributed by atoms with van der Waals surface area (Å²) in [5.41, 5.74) is 6.70. The lowest BCUT2D eigenvalue weighted by molar-refractivity contribution is -0.118. The summed E-state index contributed by atoms with van der Waals surface area (Å²) in [4.78, 5) is 26.3. The zero-order valence-electron chi connectivity index (χ0n) is 15.2. The SMILES string of the molecule is COC(CN)CC(=O)Nc1ccc(C(=O)NCCN2CCOCC2)cc1. The molecule has 0 bridgehead atoms. The van der Waals surface area contributed by atoms with Crippen LogP contribution in [-0.4, -0.2) is 75.9 Å². The van der Waals surface area contributed by atoms with Crippen molar-refractivity contribution in [3.8, 4) is 0 Å². The van der Waals surface area contributed by atoms with Gasteiger partial charge in [0.05, 0.1) is 25.7 Å². The van der Waals surface area contributed by atoms with Crippen molar-refractivity contribution in [2.75, 3.05) is 58.4 Å². The second-order valence-corrected chi connectivity index (χ2v) is 6.13. The first kappa shape index (κ1) is 20.3. The summed E-state index contributed by atoms with van der Waals surface area (Å²) in [6.07, 6.45) is -0.108. The molecule has 1 aromatic rings. The molecule has 1 aromatic carbocycles. The van der Waals surface area contributed by atoms with Gasteiger partial charge in [-0.05, 0) is 24.3 Å². The van der Waals surface area contributed by atoms with Crippen molar-refractivity contribution < 1.29 is 19.1 Å². The Hall–Kier alpha value is -2.00. The summed E-state index contributed by atoms with van der Waals surface area (Å²) >= 11 is 0. The number of amides is 2. The molecular weight excluding hydrogens is 336 g/mol. The van der Waals surface area contributed by atoms with Crippen LogP contribution in [0.5, 0.6) is 0 Å². The monoisotopic (exact) mass is 364 g/mol. The third kappa shape index (κ3) is 6.72. The quantitative estimate of drug-likeness (QED) is 0.572. The van der Waals surface area contributed by atoms with E-state index in [0.717, 1.165) is 32.8 Å². The summed E-state index contributed by atoms with van der Waals surface area (Å²) < 4.78 is 10.4. The van der Waals surface area contributed by atoms with Gasteiger partial charge in [0.15, 0.2) is 0 Å². The lowest BCUT2D eigenvalue weighted by atomic mass is 10.2. The van der Waals surface area contributed by atoms with E-state index in [-0.39, 0.29) is 30.9 Å². The second kappa shape index (κ2) is 10.9. The zero-order valence-corrected chi connectivity index (χ0v) is 15.2. The Morgan fingerprint density at radius 1 is 1.27 bits per heavy atom. The Bertz CT molecular complexity index is 569. The van der Waals surface area contributed by atoms with Crippen molar-refractivity contribution in [2.45, 2.75) is 12.5 Å². The zero-order chi connectivity index (χ0) is 18.8. The Kier molecular flexibility index (Phi) is 8.49. The molecule has 144 valence electrons. The van der Waals surface area contributed by atoms with Crippen LogP contribution in [0.4, 0.5) is 5.69 Å². The Labute approximate surface area is 154 Å². The van der Waals surface area contributed by atoms with Crippen LogP contribution in [0.3, 0.4) is 0 Å². The Balaban J connectivity index is 1.74. The fraction of sp³-hybridized carbons (Fsp3) is 0.556. The fourth-order valence-electron chi connectivity index (χ4n) is 2.64. The number of nitrogens with one attached hydrogen (secondary N) is 2. The highest BCUT2D eigenvalue weighted by atomic mass is 16.5. The molecule has 8 heteroatoms. The van der Waals surface area contributed by atoms with Crippen LogP contribution in [0.25, 0.3) is 0 Å². The van der Waals surface area contributed by atoms with E-state index in [1.165, 1.54) is 7.11 Å². The average molecular weight is 364 g/mol. The predicted octanol–water partition coefficient (Wildman–Crippen LogP) is 0.0509. The summed E-state index contributed by atoms with van der Waals surface area (Å²) in [5.74, 6) is -0.302. The molecule has 1 heterocycles. The van der Waals surface area contributed by atoms with Gasteiger partial charge in [-0.1, -0.05) is 0 Å². The lowest BCUT2D eigenvalue weighted by Crippen LogP contribution is -2.41. The van der Waals surface area contributed by atoms with Gasteiger partial charge in [-0.25, -0.2) is 0 Å². The minimum atomic E-state index is -0.300. The summed E-state index contributed by atoms with van der Waals surface area (Å²) in [6, 6.07) is 6.80. The molecular formula is C18H28N4O4. The van der Waals surface area contributed by atoms with Crippen LogP contribution in [0.2, 0.25) is 0 Å². The number of morpholine rings is 1. The topological polar surface area (TPSA) is 106 Å². The predicted molar refractivity (Wildman–Crippen MR) is 99.1 cm³/mol. The van der Waals surface area contributed by atoms with E-state index in [9.17, 15) is 9.59 Å². The maximum Gasteiger partial charge on any atom is 0.251 e. The maximum absolute atomic E-state index is 12.2. The van der Waals surface area contributed by atoms with Crippen LogP contribution >= 0.6 is 0 Å². The van der Waals surface area contributed by atoms with E-state index in [2.05, 4.69) is 15.5 Å².